The van der Waals surface area contributed by atoms with E-state index >= 15 is 0 Å². The van der Waals surface area contributed by atoms with E-state index in [0.717, 1.165) is 17.9 Å². The molecule has 0 saturated carbocycles. The lowest BCUT2D eigenvalue weighted by Crippen LogP contribution is -2.43. The highest BCUT2D eigenvalue weighted by molar-refractivity contribution is 5.32. The van der Waals surface area contributed by atoms with Crippen molar-refractivity contribution in [2.75, 3.05) is 37.7 Å². The molecule has 1 aromatic heterocycles. The Balaban J connectivity index is 1.43. The molecular formula is C19H26N4O3. The largest absolute Gasteiger partial charge is 0.494 e. The van der Waals surface area contributed by atoms with Crippen molar-refractivity contribution in [3.63, 3.8) is 0 Å². The number of nitrogens with one attached hydrogen (secondary N) is 1. The summed E-state index contributed by atoms with van der Waals surface area (Å²) in [6, 6.07) is 9.64. The number of aliphatic hydroxyl groups is 2. The first-order valence-corrected chi connectivity index (χ1v) is 8.96. The smallest absolute Gasteiger partial charge is 0.225 e. The molecule has 140 valence electrons. The lowest BCUT2D eigenvalue weighted by molar-refractivity contribution is 0.0626. The number of aliphatic hydroxyl groups excluding tert-OH is 1. The molecule has 3 N–H and O–H groups in total. The first-order valence-electron chi connectivity index (χ1n) is 8.96. The van der Waals surface area contributed by atoms with Crippen LogP contribution in [0, 0.1) is 0 Å². The average Bonchev–Trinajstić information content (AvgIpc) is 3.06. The average molecular weight is 358 g/mol. The molecule has 26 heavy (non-hydrogen) atoms. The van der Waals surface area contributed by atoms with Crippen molar-refractivity contribution in [2.24, 2.45) is 0 Å². The number of anilines is 1. The van der Waals surface area contributed by atoms with Crippen LogP contribution in [0.5, 0.6) is 5.75 Å². The molecule has 1 fully saturated rings. The Morgan fingerprint density at radius 2 is 1.96 bits per heavy atom. The molecule has 0 radical (unpaired) electrons. The maximum absolute atomic E-state index is 10.8. The summed E-state index contributed by atoms with van der Waals surface area (Å²) in [5, 5.41) is 22.9. The maximum atomic E-state index is 10.8. The fraction of sp³-hybridized carbons (Fsp3) is 0.474. The minimum absolute atomic E-state index is 0.138. The summed E-state index contributed by atoms with van der Waals surface area (Å²) < 4.78 is 5.52. The Hall–Kier alpha value is -2.22. The number of rotatable bonds is 9. The zero-order valence-electron chi connectivity index (χ0n) is 14.8. The molecule has 1 aliphatic heterocycles. The van der Waals surface area contributed by atoms with Gasteiger partial charge < -0.3 is 25.2 Å². The van der Waals surface area contributed by atoms with Gasteiger partial charge in [0.25, 0.3) is 0 Å². The fourth-order valence-corrected chi connectivity index (χ4v) is 3.02. The van der Waals surface area contributed by atoms with Gasteiger partial charge in [0, 0.05) is 45.1 Å². The van der Waals surface area contributed by atoms with Crippen LogP contribution < -0.4 is 15.0 Å². The van der Waals surface area contributed by atoms with Crippen molar-refractivity contribution in [1.82, 2.24) is 15.3 Å². The van der Waals surface area contributed by atoms with Gasteiger partial charge in [-0.1, -0.05) is 12.1 Å². The summed E-state index contributed by atoms with van der Waals surface area (Å²) in [5.74, 6) is 1.47. The van der Waals surface area contributed by atoms with Gasteiger partial charge in [0.15, 0.2) is 0 Å². The Kier molecular flexibility index (Phi) is 6.38. The Labute approximate surface area is 153 Å². The molecule has 0 amide bonds. The summed E-state index contributed by atoms with van der Waals surface area (Å²) in [5.41, 5.74) is 0.358. The third-order valence-corrected chi connectivity index (χ3v) is 4.44. The van der Waals surface area contributed by atoms with E-state index in [2.05, 4.69) is 15.3 Å². The second-order valence-electron chi connectivity index (χ2n) is 6.62. The van der Waals surface area contributed by atoms with Crippen LogP contribution in [0.3, 0.4) is 0 Å². The zero-order chi connectivity index (χ0) is 18.2. The molecule has 1 atom stereocenters. The van der Waals surface area contributed by atoms with E-state index in [0.29, 0.717) is 45.0 Å². The van der Waals surface area contributed by atoms with Gasteiger partial charge in [-0.3, -0.25) is 0 Å². The van der Waals surface area contributed by atoms with Crippen LogP contribution in [0.2, 0.25) is 0 Å². The normalized spacial score (nSPS) is 19.7. The summed E-state index contributed by atoms with van der Waals surface area (Å²) in [6.45, 7) is 3.14. The second-order valence-corrected chi connectivity index (χ2v) is 6.62. The summed E-state index contributed by atoms with van der Waals surface area (Å²) >= 11 is 0. The molecule has 0 unspecified atom stereocenters. The van der Waals surface area contributed by atoms with Crippen LogP contribution in [0.4, 0.5) is 5.95 Å². The highest BCUT2D eigenvalue weighted by Gasteiger charge is 2.36. The minimum atomic E-state index is -0.771. The standard InChI is InChI=1S/C19H26N4O3/c24-11-2-12-26-17-5-3-16(4-6-17)13-20-14-19(25)7-10-23(15-19)18-21-8-1-9-22-18/h1,3-6,8-9,20,24-25H,2,7,10-15H2/t19-/m1/s1. The first kappa shape index (κ1) is 18.6. The zero-order valence-corrected chi connectivity index (χ0v) is 14.8. The topological polar surface area (TPSA) is 90.7 Å². The third kappa shape index (κ3) is 5.14. The van der Waals surface area contributed by atoms with E-state index in [1.165, 1.54) is 0 Å². The van der Waals surface area contributed by atoms with Gasteiger partial charge in [0.05, 0.1) is 18.8 Å². The number of benzene rings is 1. The first-order chi connectivity index (χ1) is 12.7. The predicted octanol–water partition coefficient (Wildman–Crippen LogP) is 0.969. The van der Waals surface area contributed by atoms with Crippen molar-refractivity contribution in [3.8, 4) is 5.75 Å². The molecule has 7 heteroatoms. The maximum Gasteiger partial charge on any atom is 0.225 e. The quantitative estimate of drug-likeness (QED) is 0.575. The van der Waals surface area contributed by atoms with Crippen LogP contribution in [-0.2, 0) is 6.54 Å². The van der Waals surface area contributed by atoms with Gasteiger partial charge in [-0.05, 0) is 30.2 Å². The van der Waals surface area contributed by atoms with Gasteiger partial charge in [0.1, 0.15) is 5.75 Å². The van der Waals surface area contributed by atoms with Crippen LogP contribution >= 0.6 is 0 Å². The number of aromatic nitrogens is 2. The van der Waals surface area contributed by atoms with Gasteiger partial charge in [-0.2, -0.15) is 0 Å². The Morgan fingerprint density at radius 3 is 2.69 bits per heavy atom. The SMILES string of the molecule is OCCCOc1ccc(CNC[C@]2(O)CCN(c3ncccn3)C2)cc1. The number of hydrogen-bond donors (Lipinski definition) is 3. The van der Waals surface area contributed by atoms with Crippen molar-refractivity contribution < 1.29 is 14.9 Å². The molecule has 1 saturated heterocycles. The lowest BCUT2D eigenvalue weighted by atomic mass is 10.0. The number of nitrogens with zero attached hydrogens (tertiary/aromatic N) is 3. The van der Waals surface area contributed by atoms with Crippen molar-refractivity contribution in [1.29, 1.82) is 0 Å². The summed E-state index contributed by atoms with van der Waals surface area (Å²) in [6.07, 6.45) is 4.76. The molecule has 0 bridgehead atoms. The fourth-order valence-electron chi connectivity index (χ4n) is 3.02. The monoisotopic (exact) mass is 358 g/mol. The van der Waals surface area contributed by atoms with E-state index in [1.807, 2.05) is 29.2 Å². The van der Waals surface area contributed by atoms with Crippen LogP contribution in [0.1, 0.15) is 18.4 Å². The molecule has 0 aliphatic carbocycles. The van der Waals surface area contributed by atoms with Crippen molar-refractivity contribution >= 4 is 5.95 Å². The molecule has 3 rings (SSSR count). The van der Waals surface area contributed by atoms with E-state index in [1.54, 1.807) is 18.5 Å². The van der Waals surface area contributed by atoms with Gasteiger partial charge in [-0.25, -0.2) is 9.97 Å². The molecule has 2 aromatic rings. The highest BCUT2D eigenvalue weighted by atomic mass is 16.5. The summed E-state index contributed by atoms with van der Waals surface area (Å²) in [7, 11) is 0. The minimum Gasteiger partial charge on any atom is -0.494 e. The third-order valence-electron chi connectivity index (χ3n) is 4.44. The molecule has 2 heterocycles. The molecule has 1 aromatic carbocycles. The van der Waals surface area contributed by atoms with Gasteiger partial charge in [0.2, 0.25) is 5.95 Å². The van der Waals surface area contributed by atoms with E-state index in [4.69, 9.17) is 9.84 Å². The number of β-amino-alcohol motifs (C(OH)–C–C–N with tert-alkyl or cyclic N) is 1. The van der Waals surface area contributed by atoms with Crippen molar-refractivity contribution in [2.45, 2.75) is 25.0 Å². The molecule has 0 spiro atoms. The van der Waals surface area contributed by atoms with Crippen LogP contribution in [0.15, 0.2) is 42.7 Å². The summed E-state index contributed by atoms with van der Waals surface area (Å²) in [4.78, 5) is 10.5. The number of hydrogen-bond acceptors (Lipinski definition) is 7. The van der Waals surface area contributed by atoms with Crippen molar-refractivity contribution in [3.05, 3.63) is 48.3 Å². The predicted molar refractivity (Wildman–Crippen MR) is 99.2 cm³/mol. The second kappa shape index (κ2) is 8.93. The van der Waals surface area contributed by atoms with Crippen LogP contribution in [0.25, 0.3) is 0 Å². The molecular weight excluding hydrogens is 332 g/mol. The highest BCUT2D eigenvalue weighted by Crippen LogP contribution is 2.23. The molecule has 1 aliphatic rings. The van der Waals surface area contributed by atoms with E-state index in [-0.39, 0.29) is 6.61 Å². The Bertz CT molecular complexity index is 668. The van der Waals surface area contributed by atoms with Gasteiger partial charge >= 0.3 is 0 Å². The van der Waals surface area contributed by atoms with Crippen LogP contribution in [-0.4, -0.2) is 58.6 Å². The Morgan fingerprint density at radius 1 is 1.19 bits per heavy atom. The van der Waals surface area contributed by atoms with Gasteiger partial charge in [-0.15, -0.1) is 0 Å². The van der Waals surface area contributed by atoms with E-state index < -0.39 is 5.60 Å². The number of ether oxygens (including phenoxy) is 1. The lowest BCUT2D eigenvalue weighted by Gasteiger charge is -2.24. The van der Waals surface area contributed by atoms with E-state index in [9.17, 15) is 5.11 Å². The molecule has 7 nitrogen and oxygen atoms in total.